The van der Waals surface area contributed by atoms with Gasteiger partial charge in [-0.15, -0.1) is 0 Å². The van der Waals surface area contributed by atoms with Crippen LogP contribution in [0.1, 0.15) is 0 Å². The van der Waals surface area contributed by atoms with Gasteiger partial charge in [0.2, 0.25) is 0 Å². The highest BCUT2D eigenvalue weighted by Gasteiger charge is 2.05. The van der Waals surface area contributed by atoms with Crippen LogP contribution in [0.2, 0.25) is 0 Å². The van der Waals surface area contributed by atoms with Gasteiger partial charge in [0.15, 0.2) is 0 Å². The van der Waals surface area contributed by atoms with Crippen LogP contribution in [0, 0.1) is 0 Å². The summed E-state index contributed by atoms with van der Waals surface area (Å²) in [5, 5.41) is 4.29. The van der Waals surface area contributed by atoms with Crippen LogP contribution < -0.4 is 10.9 Å². The summed E-state index contributed by atoms with van der Waals surface area (Å²) in [6, 6.07) is 9.46. The Morgan fingerprint density at radius 2 is 2.00 bits per heavy atom. The predicted molar refractivity (Wildman–Crippen MR) is 80.4 cm³/mol. The average molecular weight is 276 g/mol. The highest BCUT2D eigenvalue weighted by atomic mass is 16.5. The van der Waals surface area contributed by atoms with E-state index in [2.05, 4.69) is 5.32 Å². The van der Waals surface area contributed by atoms with E-state index >= 15 is 0 Å². The molecular weight excluding hydrogens is 256 g/mol. The van der Waals surface area contributed by atoms with Crippen molar-refractivity contribution in [1.29, 1.82) is 0 Å². The number of pyridine rings is 1. The number of hydrogen-bond acceptors (Lipinski definition) is 4. The van der Waals surface area contributed by atoms with Gasteiger partial charge in [-0.1, -0.05) is 18.2 Å². The summed E-state index contributed by atoms with van der Waals surface area (Å²) < 4.78 is 11.9. The molecule has 1 heterocycles. The fourth-order valence-electron chi connectivity index (χ4n) is 2.06. The van der Waals surface area contributed by atoms with Crippen LogP contribution >= 0.6 is 0 Å². The van der Waals surface area contributed by atoms with Gasteiger partial charge < -0.3 is 19.4 Å². The highest BCUT2D eigenvalue weighted by molar-refractivity contribution is 5.91. The Labute approximate surface area is 118 Å². The minimum absolute atomic E-state index is 0.0218. The van der Waals surface area contributed by atoms with Crippen molar-refractivity contribution in [2.24, 2.45) is 7.05 Å². The molecule has 2 rings (SSSR count). The number of benzene rings is 1. The van der Waals surface area contributed by atoms with Gasteiger partial charge in [0.1, 0.15) is 0 Å². The molecule has 2 aromatic rings. The fourth-order valence-corrected chi connectivity index (χ4v) is 2.06. The Morgan fingerprint density at radius 1 is 1.20 bits per heavy atom. The summed E-state index contributed by atoms with van der Waals surface area (Å²) in [6.45, 7) is 2.40. The van der Waals surface area contributed by atoms with Crippen LogP contribution in [0.4, 0.5) is 5.69 Å². The Kier molecular flexibility index (Phi) is 5.15. The van der Waals surface area contributed by atoms with E-state index in [1.54, 1.807) is 24.8 Å². The van der Waals surface area contributed by atoms with Crippen molar-refractivity contribution in [2.75, 3.05) is 38.8 Å². The molecule has 0 fully saturated rings. The van der Waals surface area contributed by atoms with Crippen molar-refractivity contribution in [3.63, 3.8) is 0 Å². The second kappa shape index (κ2) is 7.07. The maximum atomic E-state index is 11.9. The van der Waals surface area contributed by atoms with Gasteiger partial charge in [0.25, 0.3) is 5.56 Å². The average Bonchev–Trinajstić information content (AvgIpc) is 2.47. The lowest BCUT2D eigenvalue weighted by Gasteiger charge is -2.12. The zero-order valence-electron chi connectivity index (χ0n) is 11.9. The van der Waals surface area contributed by atoms with E-state index in [1.165, 1.54) is 0 Å². The standard InChI is InChI=1S/C15H20N2O3/c1-17-14-6-4-3-5-12(14)13(11-15(17)18)16-7-8-20-10-9-19-2/h3-6,11,16H,7-10H2,1-2H3. The Balaban J connectivity index is 2.07. The second-order valence-corrected chi connectivity index (χ2v) is 4.50. The number of hydrogen-bond donors (Lipinski definition) is 1. The zero-order chi connectivity index (χ0) is 14.4. The maximum absolute atomic E-state index is 11.9. The van der Waals surface area contributed by atoms with E-state index in [0.717, 1.165) is 16.6 Å². The van der Waals surface area contributed by atoms with Crippen LogP contribution in [0.3, 0.4) is 0 Å². The van der Waals surface area contributed by atoms with Crippen molar-refractivity contribution in [2.45, 2.75) is 0 Å². The number of ether oxygens (including phenoxy) is 2. The predicted octanol–water partition coefficient (Wildman–Crippen LogP) is 1.61. The molecule has 1 aromatic carbocycles. The summed E-state index contributed by atoms with van der Waals surface area (Å²) in [7, 11) is 3.43. The quantitative estimate of drug-likeness (QED) is 0.781. The molecule has 0 radical (unpaired) electrons. The highest BCUT2D eigenvalue weighted by Crippen LogP contribution is 2.20. The first-order valence-electron chi connectivity index (χ1n) is 6.63. The number of para-hydroxylation sites is 1. The number of aromatic nitrogens is 1. The molecule has 108 valence electrons. The van der Waals surface area contributed by atoms with Gasteiger partial charge in [0, 0.05) is 37.8 Å². The van der Waals surface area contributed by atoms with Crippen LogP contribution in [-0.2, 0) is 16.5 Å². The number of nitrogens with zero attached hydrogens (tertiary/aromatic N) is 1. The minimum atomic E-state index is -0.0218. The van der Waals surface area contributed by atoms with E-state index in [1.807, 2.05) is 24.3 Å². The van der Waals surface area contributed by atoms with E-state index in [4.69, 9.17) is 9.47 Å². The van der Waals surface area contributed by atoms with Crippen LogP contribution in [0.15, 0.2) is 35.1 Å². The van der Waals surface area contributed by atoms with Gasteiger partial charge in [-0.2, -0.15) is 0 Å². The van der Waals surface area contributed by atoms with Crippen LogP contribution in [0.5, 0.6) is 0 Å². The molecular formula is C15H20N2O3. The third kappa shape index (κ3) is 3.37. The van der Waals surface area contributed by atoms with E-state index in [9.17, 15) is 4.79 Å². The smallest absolute Gasteiger partial charge is 0.252 e. The minimum Gasteiger partial charge on any atom is -0.382 e. The Morgan fingerprint density at radius 3 is 2.80 bits per heavy atom. The molecule has 1 N–H and O–H groups in total. The summed E-state index contributed by atoms with van der Waals surface area (Å²) in [5.41, 5.74) is 1.74. The van der Waals surface area contributed by atoms with E-state index in [0.29, 0.717) is 26.4 Å². The Bertz CT molecular complexity index is 622. The first-order valence-corrected chi connectivity index (χ1v) is 6.63. The lowest BCUT2D eigenvalue weighted by Crippen LogP contribution is -2.19. The molecule has 5 heteroatoms. The third-order valence-electron chi connectivity index (χ3n) is 3.15. The molecule has 0 saturated heterocycles. The van der Waals surface area contributed by atoms with Gasteiger partial charge >= 0.3 is 0 Å². The van der Waals surface area contributed by atoms with Gasteiger partial charge in [0.05, 0.1) is 25.3 Å². The zero-order valence-corrected chi connectivity index (χ0v) is 11.9. The Hall–Kier alpha value is -1.85. The number of methoxy groups -OCH3 is 1. The molecule has 20 heavy (non-hydrogen) atoms. The molecule has 0 unspecified atom stereocenters. The lowest BCUT2D eigenvalue weighted by molar-refractivity contribution is 0.0759. The first-order chi connectivity index (χ1) is 9.74. The summed E-state index contributed by atoms with van der Waals surface area (Å²) >= 11 is 0. The monoisotopic (exact) mass is 276 g/mol. The summed E-state index contributed by atoms with van der Waals surface area (Å²) in [6.07, 6.45) is 0. The van der Waals surface area contributed by atoms with E-state index in [-0.39, 0.29) is 5.56 Å². The van der Waals surface area contributed by atoms with E-state index < -0.39 is 0 Å². The summed E-state index contributed by atoms with van der Waals surface area (Å²) in [5.74, 6) is 0. The number of anilines is 1. The van der Waals surface area contributed by atoms with Crippen LogP contribution in [-0.4, -0.2) is 38.0 Å². The molecule has 0 atom stereocenters. The van der Waals surface area contributed by atoms with Gasteiger partial charge in [-0.25, -0.2) is 0 Å². The lowest BCUT2D eigenvalue weighted by atomic mass is 10.2. The largest absolute Gasteiger partial charge is 0.382 e. The molecule has 0 amide bonds. The first kappa shape index (κ1) is 14.6. The number of aryl methyl sites for hydroxylation is 1. The van der Waals surface area contributed by atoms with Crippen LogP contribution in [0.25, 0.3) is 10.9 Å². The number of nitrogens with one attached hydrogen (secondary N) is 1. The molecule has 0 aliphatic rings. The topological polar surface area (TPSA) is 52.5 Å². The van der Waals surface area contributed by atoms with Crippen molar-refractivity contribution < 1.29 is 9.47 Å². The normalized spacial score (nSPS) is 10.9. The second-order valence-electron chi connectivity index (χ2n) is 4.50. The number of rotatable bonds is 7. The van der Waals surface area contributed by atoms with Crippen molar-refractivity contribution in [1.82, 2.24) is 4.57 Å². The maximum Gasteiger partial charge on any atom is 0.252 e. The van der Waals surface area contributed by atoms with Crippen molar-refractivity contribution in [3.05, 3.63) is 40.7 Å². The van der Waals surface area contributed by atoms with Gasteiger partial charge in [-0.3, -0.25) is 4.79 Å². The third-order valence-corrected chi connectivity index (χ3v) is 3.15. The molecule has 0 spiro atoms. The molecule has 0 saturated carbocycles. The summed E-state index contributed by atoms with van der Waals surface area (Å²) in [4.78, 5) is 11.9. The number of fused-ring (bicyclic) bond motifs is 1. The van der Waals surface area contributed by atoms with Gasteiger partial charge in [-0.05, 0) is 6.07 Å². The molecule has 0 aliphatic carbocycles. The SMILES string of the molecule is COCCOCCNc1cc(=O)n(C)c2ccccc12. The fraction of sp³-hybridized carbons (Fsp3) is 0.400. The molecule has 0 aliphatic heterocycles. The van der Waals surface area contributed by atoms with Crippen molar-refractivity contribution >= 4 is 16.6 Å². The van der Waals surface area contributed by atoms with Crippen molar-refractivity contribution in [3.8, 4) is 0 Å². The molecule has 5 nitrogen and oxygen atoms in total. The molecule has 1 aromatic heterocycles. The molecule has 0 bridgehead atoms.